The van der Waals surface area contributed by atoms with Gasteiger partial charge in [-0.05, 0) is 19.8 Å². The van der Waals surface area contributed by atoms with Crippen LogP contribution in [-0.4, -0.2) is 59.5 Å². The van der Waals surface area contributed by atoms with Gasteiger partial charge in [0.05, 0.1) is 22.7 Å². The number of hydrogen-bond donors (Lipinski definition) is 5. The van der Waals surface area contributed by atoms with Crippen molar-refractivity contribution in [3.63, 3.8) is 0 Å². The van der Waals surface area contributed by atoms with Crippen LogP contribution in [0.25, 0.3) is 11.0 Å². The van der Waals surface area contributed by atoms with Crippen LogP contribution >= 0.6 is 0 Å². The SMILES string of the molecule is CC1(O)CCC2N(C1)c1nc(N)nc3n[nH]c(c13)CC2(O)O. The van der Waals surface area contributed by atoms with E-state index in [1.165, 1.54) is 0 Å². The predicted molar refractivity (Wildman–Crippen MR) is 78.0 cm³/mol. The summed E-state index contributed by atoms with van der Waals surface area (Å²) in [6.45, 7) is 1.96. The van der Waals surface area contributed by atoms with E-state index in [2.05, 4.69) is 20.2 Å². The average molecular weight is 306 g/mol. The van der Waals surface area contributed by atoms with E-state index in [4.69, 9.17) is 5.73 Å². The Morgan fingerprint density at radius 3 is 2.86 bits per heavy atom. The molecule has 0 spiro atoms. The Balaban J connectivity index is 1.98. The first kappa shape index (κ1) is 13.7. The summed E-state index contributed by atoms with van der Waals surface area (Å²) >= 11 is 0. The Morgan fingerprint density at radius 1 is 1.32 bits per heavy atom. The fraction of sp³-hybridized carbons (Fsp3) is 0.615. The summed E-state index contributed by atoms with van der Waals surface area (Å²) < 4.78 is 0. The van der Waals surface area contributed by atoms with Gasteiger partial charge in [-0.15, -0.1) is 0 Å². The molecule has 118 valence electrons. The van der Waals surface area contributed by atoms with Crippen LogP contribution in [0.15, 0.2) is 0 Å². The highest BCUT2D eigenvalue weighted by atomic mass is 16.5. The van der Waals surface area contributed by atoms with Gasteiger partial charge < -0.3 is 26.0 Å². The number of aromatic amines is 1. The molecule has 22 heavy (non-hydrogen) atoms. The van der Waals surface area contributed by atoms with E-state index in [0.29, 0.717) is 35.4 Å². The number of aliphatic hydroxyl groups is 3. The second-order valence-corrected chi connectivity index (χ2v) is 6.54. The first-order valence-electron chi connectivity index (χ1n) is 7.21. The van der Waals surface area contributed by atoms with Crippen molar-refractivity contribution >= 4 is 22.8 Å². The van der Waals surface area contributed by atoms with Gasteiger partial charge in [0, 0.05) is 13.0 Å². The normalized spacial score (nSPS) is 30.2. The lowest BCUT2D eigenvalue weighted by atomic mass is 9.86. The molecule has 2 aromatic rings. The molecule has 4 rings (SSSR count). The molecule has 2 unspecified atom stereocenters. The molecule has 6 N–H and O–H groups in total. The molecule has 1 fully saturated rings. The van der Waals surface area contributed by atoms with Crippen molar-refractivity contribution in [2.45, 2.75) is 43.6 Å². The van der Waals surface area contributed by atoms with Crippen molar-refractivity contribution in [3.05, 3.63) is 5.69 Å². The highest BCUT2D eigenvalue weighted by Crippen LogP contribution is 2.41. The van der Waals surface area contributed by atoms with Crippen LogP contribution in [0.2, 0.25) is 0 Å². The summed E-state index contributed by atoms with van der Waals surface area (Å²) in [6, 6.07) is -0.578. The van der Waals surface area contributed by atoms with Gasteiger partial charge in [0.1, 0.15) is 5.82 Å². The van der Waals surface area contributed by atoms with Gasteiger partial charge >= 0.3 is 0 Å². The maximum Gasteiger partial charge on any atom is 0.224 e. The summed E-state index contributed by atoms with van der Waals surface area (Å²) in [7, 11) is 0. The molecular formula is C13H18N6O3. The lowest BCUT2D eigenvalue weighted by Crippen LogP contribution is -2.61. The molecular weight excluding hydrogens is 288 g/mol. The molecule has 2 atom stereocenters. The monoisotopic (exact) mass is 306 g/mol. The minimum atomic E-state index is -1.95. The molecule has 0 amide bonds. The molecule has 2 aliphatic rings. The van der Waals surface area contributed by atoms with Crippen LogP contribution in [0.5, 0.6) is 0 Å². The zero-order valence-electron chi connectivity index (χ0n) is 12.1. The Labute approximate surface area is 125 Å². The molecule has 0 saturated carbocycles. The van der Waals surface area contributed by atoms with Crippen molar-refractivity contribution in [2.75, 3.05) is 17.2 Å². The largest absolute Gasteiger partial charge is 0.388 e. The Kier molecular flexibility index (Phi) is 2.52. The smallest absolute Gasteiger partial charge is 0.224 e. The Bertz CT molecular complexity index is 756. The number of hydrogen-bond acceptors (Lipinski definition) is 8. The molecule has 0 radical (unpaired) electrons. The van der Waals surface area contributed by atoms with Gasteiger partial charge in [-0.25, -0.2) is 0 Å². The number of H-pyrrole nitrogens is 1. The summed E-state index contributed by atoms with van der Waals surface area (Å²) in [5, 5.41) is 39.0. The third-order valence-corrected chi connectivity index (χ3v) is 4.57. The van der Waals surface area contributed by atoms with Crippen molar-refractivity contribution in [2.24, 2.45) is 0 Å². The summed E-state index contributed by atoms with van der Waals surface area (Å²) in [5.41, 5.74) is 5.76. The number of nitrogen functional groups attached to an aromatic ring is 1. The van der Waals surface area contributed by atoms with Gasteiger partial charge in [0.2, 0.25) is 5.95 Å². The fourth-order valence-electron chi connectivity index (χ4n) is 3.56. The minimum absolute atomic E-state index is 0.00686. The topological polar surface area (TPSA) is 144 Å². The van der Waals surface area contributed by atoms with E-state index in [0.717, 1.165) is 0 Å². The van der Waals surface area contributed by atoms with Crippen LogP contribution in [0.1, 0.15) is 25.5 Å². The number of nitrogens with zero attached hydrogens (tertiary/aromatic N) is 4. The predicted octanol–water partition coefficient (Wildman–Crippen LogP) is -1.11. The first-order chi connectivity index (χ1) is 10.3. The fourth-order valence-corrected chi connectivity index (χ4v) is 3.56. The molecule has 0 bridgehead atoms. The number of rotatable bonds is 0. The number of nitrogens with one attached hydrogen (secondary N) is 1. The maximum atomic E-state index is 10.5. The zero-order chi connectivity index (χ0) is 15.7. The van der Waals surface area contributed by atoms with Crippen LogP contribution in [0.3, 0.4) is 0 Å². The van der Waals surface area contributed by atoms with Crippen molar-refractivity contribution in [1.29, 1.82) is 0 Å². The number of piperidine rings is 1. The highest BCUT2D eigenvalue weighted by Gasteiger charge is 2.48. The van der Waals surface area contributed by atoms with Crippen LogP contribution in [0, 0.1) is 0 Å². The van der Waals surface area contributed by atoms with Gasteiger partial charge in [-0.2, -0.15) is 15.1 Å². The number of nitrogens with two attached hydrogens (primary N) is 1. The zero-order valence-corrected chi connectivity index (χ0v) is 12.1. The molecule has 0 aliphatic carbocycles. The standard InChI is InChI=1S/C13H18N6O3/c1-12(20)3-2-7-13(21,22)4-6-8-9(18-17-6)15-11(14)16-10(8)19(7)5-12/h7,20-22H,2-5H2,1H3,(H3,14,15,16,17,18). The summed E-state index contributed by atoms with van der Waals surface area (Å²) in [4.78, 5) is 10.1. The van der Waals surface area contributed by atoms with Crippen LogP contribution in [0.4, 0.5) is 11.8 Å². The van der Waals surface area contributed by atoms with Gasteiger partial charge in [0.15, 0.2) is 11.4 Å². The van der Waals surface area contributed by atoms with Crippen LogP contribution < -0.4 is 10.6 Å². The third kappa shape index (κ3) is 1.86. The number of anilines is 2. The Morgan fingerprint density at radius 2 is 2.09 bits per heavy atom. The molecule has 2 aliphatic heterocycles. The molecule has 9 nitrogen and oxygen atoms in total. The van der Waals surface area contributed by atoms with E-state index in [-0.39, 0.29) is 18.9 Å². The second-order valence-electron chi connectivity index (χ2n) is 6.54. The van der Waals surface area contributed by atoms with E-state index in [9.17, 15) is 15.3 Å². The highest BCUT2D eigenvalue weighted by molar-refractivity contribution is 5.91. The van der Waals surface area contributed by atoms with Gasteiger partial charge in [0.25, 0.3) is 0 Å². The molecule has 0 aromatic carbocycles. The summed E-state index contributed by atoms with van der Waals surface area (Å²) in [5.74, 6) is -1.40. The van der Waals surface area contributed by atoms with Crippen LogP contribution in [-0.2, 0) is 6.42 Å². The molecule has 1 saturated heterocycles. The van der Waals surface area contributed by atoms with E-state index < -0.39 is 17.4 Å². The molecule has 2 aromatic heterocycles. The van der Waals surface area contributed by atoms with E-state index >= 15 is 0 Å². The number of aromatic nitrogens is 4. The Hall–Kier alpha value is -1.97. The van der Waals surface area contributed by atoms with Crippen molar-refractivity contribution in [1.82, 2.24) is 20.2 Å². The quantitative estimate of drug-likeness (QED) is 0.385. The van der Waals surface area contributed by atoms with E-state index in [1.807, 2.05) is 0 Å². The first-order valence-corrected chi connectivity index (χ1v) is 7.21. The average Bonchev–Trinajstić information content (AvgIpc) is 2.74. The maximum absolute atomic E-state index is 10.5. The molecule has 4 heterocycles. The van der Waals surface area contributed by atoms with E-state index in [1.54, 1.807) is 11.8 Å². The molecule has 9 heteroatoms. The summed E-state index contributed by atoms with van der Waals surface area (Å²) in [6.07, 6.45) is 0.906. The minimum Gasteiger partial charge on any atom is -0.388 e. The third-order valence-electron chi connectivity index (χ3n) is 4.57. The lowest BCUT2D eigenvalue weighted by Gasteiger charge is -2.46. The second kappa shape index (κ2) is 4.06. The number of fused-ring (bicyclic) bond motifs is 2. The van der Waals surface area contributed by atoms with Crippen molar-refractivity contribution in [3.8, 4) is 0 Å². The van der Waals surface area contributed by atoms with Gasteiger partial charge in [-0.1, -0.05) is 0 Å². The lowest BCUT2D eigenvalue weighted by molar-refractivity contribution is -0.184. The van der Waals surface area contributed by atoms with Gasteiger partial charge in [-0.3, -0.25) is 5.10 Å². The van der Waals surface area contributed by atoms with Crippen molar-refractivity contribution < 1.29 is 15.3 Å².